The van der Waals surface area contributed by atoms with Crippen LogP contribution in [0, 0.1) is 0 Å². The third-order valence-corrected chi connectivity index (χ3v) is 6.00. The lowest BCUT2D eigenvalue weighted by Crippen LogP contribution is -2.66. The van der Waals surface area contributed by atoms with Gasteiger partial charge in [0.15, 0.2) is 12.6 Å². The average Bonchev–Trinajstić information content (AvgIpc) is 2.99. The van der Waals surface area contributed by atoms with Crippen LogP contribution < -0.4 is 22.9 Å². The van der Waals surface area contributed by atoms with E-state index in [1.165, 1.54) is 0 Å². The summed E-state index contributed by atoms with van der Waals surface area (Å²) in [7, 11) is 0. The second-order valence-electron chi connectivity index (χ2n) is 8.20. The maximum absolute atomic E-state index is 10.6. The molecule has 0 aromatic carbocycles. The zero-order chi connectivity index (χ0) is 22.2. The van der Waals surface area contributed by atoms with Gasteiger partial charge in [0, 0.05) is 25.0 Å². The van der Waals surface area contributed by atoms with Crippen molar-refractivity contribution < 1.29 is 44.5 Å². The summed E-state index contributed by atoms with van der Waals surface area (Å²) in [6, 6.07) is -2.33. The predicted molar refractivity (Wildman–Crippen MR) is 100 cm³/mol. The molecule has 13 unspecified atom stereocenters. The number of hydrogen-bond donors (Lipinski definition) is 9. The van der Waals surface area contributed by atoms with Crippen molar-refractivity contribution in [1.82, 2.24) is 0 Å². The summed E-state index contributed by atoms with van der Waals surface area (Å²) in [4.78, 5) is 0. The van der Waals surface area contributed by atoms with E-state index in [9.17, 15) is 25.5 Å². The van der Waals surface area contributed by atoms with Gasteiger partial charge in [-0.05, 0) is 6.42 Å². The van der Waals surface area contributed by atoms with Crippen LogP contribution >= 0.6 is 0 Å². The molecule has 0 bridgehead atoms. The quantitative estimate of drug-likeness (QED) is 0.188. The van der Waals surface area contributed by atoms with Gasteiger partial charge in [-0.2, -0.15) is 0 Å². The Balaban J connectivity index is 1.76. The number of hydrogen-bond acceptors (Lipinski definition) is 13. The maximum Gasteiger partial charge on any atom is 0.187 e. The minimum atomic E-state index is -1.47. The lowest BCUT2D eigenvalue weighted by Gasteiger charge is -2.46. The zero-order valence-electron chi connectivity index (χ0n) is 16.5. The Morgan fingerprint density at radius 1 is 0.800 bits per heavy atom. The minimum absolute atomic E-state index is 0.149. The van der Waals surface area contributed by atoms with E-state index < -0.39 is 86.1 Å². The van der Waals surface area contributed by atoms with Gasteiger partial charge < -0.3 is 67.4 Å². The van der Waals surface area contributed by atoms with Gasteiger partial charge in [0.2, 0.25) is 0 Å². The molecule has 2 aliphatic heterocycles. The van der Waals surface area contributed by atoms with Crippen molar-refractivity contribution in [2.24, 2.45) is 22.9 Å². The Kier molecular flexibility index (Phi) is 8.01. The Hall–Kier alpha value is -0.520. The molecule has 13 heteroatoms. The summed E-state index contributed by atoms with van der Waals surface area (Å²) in [5, 5.41) is 50.2. The lowest BCUT2D eigenvalue weighted by atomic mass is 9.84. The number of ether oxygens (including phenoxy) is 4. The molecule has 2 saturated heterocycles. The van der Waals surface area contributed by atoms with Gasteiger partial charge in [0.1, 0.15) is 30.5 Å². The highest BCUT2D eigenvalue weighted by atomic mass is 16.7. The summed E-state index contributed by atoms with van der Waals surface area (Å²) < 4.78 is 22.7. The molecule has 13 nitrogen and oxygen atoms in total. The highest BCUT2D eigenvalue weighted by Crippen LogP contribution is 2.31. The molecule has 13 atom stereocenters. The van der Waals surface area contributed by atoms with Crippen LogP contribution in [-0.2, 0) is 18.9 Å². The maximum atomic E-state index is 10.6. The summed E-state index contributed by atoms with van der Waals surface area (Å²) in [6.07, 6.45) is -10.7. The van der Waals surface area contributed by atoms with E-state index in [-0.39, 0.29) is 19.4 Å². The van der Waals surface area contributed by atoms with Crippen LogP contribution in [0.1, 0.15) is 12.8 Å². The minimum Gasteiger partial charge on any atom is -0.394 e. The smallest absolute Gasteiger partial charge is 0.187 e. The van der Waals surface area contributed by atoms with Gasteiger partial charge >= 0.3 is 0 Å². The first-order valence-electron chi connectivity index (χ1n) is 10.1. The molecule has 0 aromatic rings. The van der Waals surface area contributed by atoms with Gasteiger partial charge in [-0.15, -0.1) is 0 Å². The molecular weight excluding hydrogens is 404 g/mol. The first kappa shape index (κ1) is 24.1. The number of rotatable bonds is 6. The summed E-state index contributed by atoms with van der Waals surface area (Å²) in [6.45, 7) is -0.385. The van der Waals surface area contributed by atoms with Crippen molar-refractivity contribution in [1.29, 1.82) is 0 Å². The standard InChI is InChI=1S/C17H34N4O9/c18-3-5-1-8(23)10(21)16(27-5)29-14-7(20)2-6(19)11(24)15(14)30-17-13(26)12(25)9(4-22)28-17/h5-17,22-26H,1-4,18-21H2. The molecule has 30 heavy (non-hydrogen) atoms. The predicted octanol–water partition coefficient (Wildman–Crippen LogP) is -5.62. The molecular formula is C17H34N4O9. The van der Waals surface area contributed by atoms with E-state index >= 15 is 0 Å². The molecule has 1 aliphatic carbocycles. The molecule has 3 rings (SSSR count). The molecule has 2 heterocycles. The van der Waals surface area contributed by atoms with Crippen molar-refractivity contribution in [2.75, 3.05) is 13.2 Å². The van der Waals surface area contributed by atoms with Gasteiger partial charge in [-0.3, -0.25) is 0 Å². The molecule has 0 aromatic heterocycles. The van der Waals surface area contributed by atoms with Crippen LogP contribution in [0.2, 0.25) is 0 Å². The van der Waals surface area contributed by atoms with E-state index in [1.807, 2.05) is 0 Å². The molecule has 0 amide bonds. The third-order valence-electron chi connectivity index (χ3n) is 6.00. The van der Waals surface area contributed by atoms with Gasteiger partial charge in [0.25, 0.3) is 0 Å². The summed E-state index contributed by atoms with van der Waals surface area (Å²) in [5.41, 5.74) is 23.8. The SMILES string of the molecule is NCC1CC(O)C(N)C(OC2C(N)CC(N)C(O)C2OC2OC(CO)C(O)C2O)O1. The van der Waals surface area contributed by atoms with E-state index in [2.05, 4.69) is 0 Å². The Morgan fingerprint density at radius 2 is 1.47 bits per heavy atom. The van der Waals surface area contributed by atoms with Crippen LogP contribution in [0.5, 0.6) is 0 Å². The van der Waals surface area contributed by atoms with E-state index in [4.69, 9.17) is 41.9 Å². The molecule has 0 radical (unpaired) electrons. The lowest BCUT2D eigenvalue weighted by molar-refractivity contribution is -0.294. The zero-order valence-corrected chi connectivity index (χ0v) is 16.5. The Morgan fingerprint density at radius 3 is 2.07 bits per heavy atom. The number of nitrogens with two attached hydrogens (primary N) is 4. The van der Waals surface area contributed by atoms with Crippen LogP contribution in [0.25, 0.3) is 0 Å². The van der Waals surface area contributed by atoms with Crippen molar-refractivity contribution >= 4 is 0 Å². The Labute approximate surface area is 173 Å². The van der Waals surface area contributed by atoms with Crippen molar-refractivity contribution in [3.63, 3.8) is 0 Å². The molecule has 176 valence electrons. The average molecular weight is 438 g/mol. The molecule has 3 fully saturated rings. The molecule has 1 saturated carbocycles. The van der Waals surface area contributed by atoms with E-state index in [0.29, 0.717) is 0 Å². The van der Waals surface area contributed by atoms with Gasteiger partial charge in [-0.1, -0.05) is 0 Å². The van der Waals surface area contributed by atoms with Crippen molar-refractivity contribution in [2.45, 2.75) is 92.4 Å². The van der Waals surface area contributed by atoms with Crippen molar-refractivity contribution in [3.05, 3.63) is 0 Å². The number of aliphatic hydroxyl groups is 5. The van der Waals surface area contributed by atoms with Gasteiger partial charge in [-0.25, -0.2) is 0 Å². The molecule has 3 aliphatic rings. The molecule has 13 N–H and O–H groups in total. The van der Waals surface area contributed by atoms with Gasteiger partial charge in [0.05, 0.1) is 31.0 Å². The van der Waals surface area contributed by atoms with Crippen LogP contribution in [0.4, 0.5) is 0 Å². The summed E-state index contributed by atoms with van der Waals surface area (Å²) in [5.74, 6) is 0. The first-order valence-corrected chi connectivity index (χ1v) is 10.1. The van der Waals surface area contributed by atoms with Crippen LogP contribution in [-0.4, -0.2) is 118 Å². The number of aliphatic hydroxyl groups excluding tert-OH is 5. The largest absolute Gasteiger partial charge is 0.394 e. The fourth-order valence-electron chi connectivity index (χ4n) is 4.11. The van der Waals surface area contributed by atoms with Crippen LogP contribution in [0.3, 0.4) is 0 Å². The monoisotopic (exact) mass is 438 g/mol. The topological polar surface area (TPSA) is 242 Å². The second kappa shape index (κ2) is 9.95. The van der Waals surface area contributed by atoms with E-state index in [1.54, 1.807) is 0 Å². The normalized spacial score (nSPS) is 52.5. The highest BCUT2D eigenvalue weighted by molar-refractivity contribution is 5.01. The summed E-state index contributed by atoms with van der Waals surface area (Å²) >= 11 is 0. The van der Waals surface area contributed by atoms with E-state index in [0.717, 1.165) is 0 Å². The third kappa shape index (κ3) is 4.78. The van der Waals surface area contributed by atoms with Crippen molar-refractivity contribution in [3.8, 4) is 0 Å². The Bertz CT molecular complexity index is 563. The fraction of sp³-hybridized carbons (Fsp3) is 1.00. The molecule has 0 spiro atoms. The van der Waals surface area contributed by atoms with Crippen LogP contribution in [0.15, 0.2) is 0 Å². The fourth-order valence-corrected chi connectivity index (χ4v) is 4.11. The highest BCUT2D eigenvalue weighted by Gasteiger charge is 2.51. The first-order chi connectivity index (χ1) is 14.2. The second-order valence-corrected chi connectivity index (χ2v) is 8.20.